The molecule has 0 spiro atoms. The Morgan fingerprint density at radius 2 is 2.40 bits per heavy atom. The highest BCUT2D eigenvalue weighted by molar-refractivity contribution is 7.99. The summed E-state index contributed by atoms with van der Waals surface area (Å²) in [5.74, 6) is 4.70. The predicted octanol–water partition coefficient (Wildman–Crippen LogP) is 3.00. The zero-order valence-electron chi connectivity index (χ0n) is 9.28. The lowest BCUT2D eigenvalue weighted by Gasteiger charge is -2.25. The predicted molar refractivity (Wildman–Crippen MR) is 64.6 cm³/mol. The normalized spacial score (nSPS) is 30.5. The molecule has 2 atom stereocenters. The van der Waals surface area contributed by atoms with Crippen molar-refractivity contribution in [3.8, 4) is 0 Å². The fraction of sp³-hybridized carbons (Fsp3) is 0.750. The first-order valence-electron chi connectivity index (χ1n) is 6.00. The van der Waals surface area contributed by atoms with Crippen LogP contribution >= 0.6 is 11.8 Å². The second-order valence-corrected chi connectivity index (χ2v) is 5.93. The molecule has 0 saturated carbocycles. The molecule has 1 saturated heterocycles. The zero-order valence-corrected chi connectivity index (χ0v) is 10.1. The van der Waals surface area contributed by atoms with Gasteiger partial charge in [-0.2, -0.15) is 11.8 Å². The fourth-order valence-electron chi connectivity index (χ4n) is 2.85. The van der Waals surface area contributed by atoms with Crippen LogP contribution in [0.2, 0.25) is 0 Å². The molecule has 3 heterocycles. The highest BCUT2D eigenvalue weighted by atomic mass is 32.2. The molecule has 2 aliphatic rings. The van der Waals surface area contributed by atoms with E-state index in [9.17, 15) is 0 Å². The number of fused-ring (bicyclic) bond motifs is 1. The Bertz CT molecular complexity index is 353. The summed E-state index contributed by atoms with van der Waals surface area (Å²) in [6, 6.07) is 0.678. The van der Waals surface area contributed by atoms with E-state index >= 15 is 0 Å². The maximum Gasteiger partial charge on any atom is 0.113 e. The summed E-state index contributed by atoms with van der Waals surface area (Å²) < 4.78 is 2.53. The first-order chi connectivity index (χ1) is 7.36. The van der Waals surface area contributed by atoms with Gasteiger partial charge in [-0.1, -0.05) is 0 Å². The van der Waals surface area contributed by atoms with Crippen molar-refractivity contribution in [3.63, 3.8) is 0 Å². The Morgan fingerprint density at radius 1 is 1.47 bits per heavy atom. The summed E-state index contributed by atoms with van der Waals surface area (Å²) in [4.78, 5) is 4.68. The lowest BCUT2D eigenvalue weighted by molar-refractivity contribution is 0.410. The Morgan fingerprint density at radius 3 is 3.20 bits per heavy atom. The average Bonchev–Trinajstić information content (AvgIpc) is 2.85. The van der Waals surface area contributed by atoms with Crippen molar-refractivity contribution in [1.82, 2.24) is 9.55 Å². The van der Waals surface area contributed by atoms with Crippen LogP contribution in [0.3, 0.4) is 0 Å². The topological polar surface area (TPSA) is 17.8 Å². The number of aromatic nitrogens is 2. The van der Waals surface area contributed by atoms with Crippen LogP contribution in [0, 0.1) is 0 Å². The number of rotatable bonds is 1. The highest BCUT2D eigenvalue weighted by Crippen LogP contribution is 2.35. The van der Waals surface area contributed by atoms with Gasteiger partial charge in [-0.05, 0) is 38.4 Å². The number of hydrogen-bond donors (Lipinski definition) is 0. The van der Waals surface area contributed by atoms with Crippen LogP contribution < -0.4 is 0 Å². The van der Waals surface area contributed by atoms with E-state index in [1.54, 1.807) is 0 Å². The van der Waals surface area contributed by atoms with Crippen molar-refractivity contribution in [2.45, 2.75) is 44.6 Å². The SMILES string of the molecule is CC1CCCc2cnc(C3CCSC3)n21. The number of thioether (sulfide) groups is 1. The van der Waals surface area contributed by atoms with Crippen molar-refractivity contribution in [2.24, 2.45) is 0 Å². The number of nitrogens with zero attached hydrogens (tertiary/aromatic N) is 2. The van der Waals surface area contributed by atoms with Gasteiger partial charge in [0, 0.05) is 29.6 Å². The number of aryl methyl sites for hydroxylation is 1. The second-order valence-electron chi connectivity index (χ2n) is 4.78. The maximum absolute atomic E-state index is 4.68. The quantitative estimate of drug-likeness (QED) is 0.727. The van der Waals surface area contributed by atoms with E-state index in [1.807, 2.05) is 0 Å². The molecule has 2 unspecified atom stereocenters. The Labute approximate surface area is 95.5 Å². The van der Waals surface area contributed by atoms with Crippen LogP contribution in [0.25, 0.3) is 0 Å². The molecular formula is C12H18N2S. The monoisotopic (exact) mass is 222 g/mol. The van der Waals surface area contributed by atoms with Gasteiger partial charge in [0.05, 0.1) is 0 Å². The molecule has 0 amide bonds. The summed E-state index contributed by atoms with van der Waals surface area (Å²) in [6.45, 7) is 2.34. The molecule has 3 rings (SSSR count). The third-order valence-corrected chi connectivity index (χ3v) is 4.85. The Hall–Kier alpha value is -0.440. The van der Waals surface area contributed by atoms with Gasteiger partial charge in [-0.3, -0.25) is 0 Å². The van der Waals surface area contributed by atoms with Gasteiger partial charge >= 0.3 is 0 Å². The van der Waals surface area contributed by atoms with Crippen molar-refractivity contribution < 1.29 is 0 Å². The number of imidazole rings is 1. The van der Waals surface area contributed by atoms with Crippen LogP contribution in [0.1, 0.15) is 49.7 Å². The molecule has 1 aromatic rings. The second kappa shape index (κ2) is 3.85. The van der Waals surface area contributed by atoms with Gasteiger partial charge in [0.25, 0.3) is 0 Å². The van der Waals surface area contributed by atoms with E-state index in [-0.39, 0.29) is 0 Å². The molecular weight excluding hydrogens is 204 g/mol. The van der Waals surface area contributed by atoms with Gasteiger partial charge in [-0.15, -0.1) is 0 Å². The highest BCUT2D eigenvalue weighted by Gasteiger charge is 2.27. The molecule has 1 aromatic heterocycles. The van der Waals surface area contributed by atoms with Crippen LogP contribution in [-0.2, 0) is 6.42 Å². The largest absolute Gasteiger partial charge is 0.329 e. The zero-order chi connectivity index (χ0) is 10.3. The van der Waals surface area contributed by atoms with Crippen LogP contribution in [0.15, 0.2) is 6.20 Å². The molecule has 0 aromatic carbocycles. The van der Waals surface area contributed by atoms with Crippen molar-refractivity contribution in [3.05, 3.63) is 17.7 Å². The van der Waals surface area contributed by atoms with Gasteiger partial charge < -0.3 is 4.57 Å². The minimum Gasteiger partial charge on any atom is -0.329 e. The minimum atomic E-state index is 0.678. The third kappa shape index (κ3) is 1.61. The maximum atomic E-state index is 4.68. The van der Waals surface area contributed by atoms with Crippen LogP contribution in [-0.4, -0.2) is 21.1 Å². The van der Waals surface area contributed by atoms with Gasteiger partial charge in [0.15, 0.2) is 0 Å². The molecule has 0 N–H and O–H groups in total. The average molecular weight is 222 g/mol. The lowest BCUT2D eigenvalue weighted by atomic mass is 10.0. The first-order valence-corrected chi connectivity index (χ1v) is 7.15. The summed E-state index contributed by atoms with van der Waals surface area (Å²) in [5, 5.41) is 0. The molecule has 82 valence electrons. The lowest BCUT2D eigenvalue weighted by Crippen LogP contribution is -2.19. The Kier molecular flexibility index (Phi) is 2.51. The standard InChI is InChI=1S/C12H18N2S/c1-9-3-2-4-11-7-13-12(14(9)11)10-5-6-15-8-10/h7,9-10H,2-6,8H2,1H3. The fourth-order valence-corrected chi connectivity index (χ4v) is 4.07. The summed E-state index contributed by atoms with van der Waals surface area (Å²) in [5.41, 5.74) is 1.47. The number of hydrogen-bond acceptors (Lipinski definition) is 2. The summed E-state index contributed by atoms with van der Waals surface area (Å²) in [7, 11) is 0. The molecule has 1 fully saturated rings. The van der Waals surface area contributed by atoms with Crippen molar-refractivity contribution in [2.75, 3.05) is 11.5 Å². The van der Waals surface area contributed by atoms with Crippen LogP contribution in [0.4, 0.5) is 0 Å². The molecule has 3 heteroatoms. The molecule has 15 heavy (non-hydrogen) atoms. The molecule has 0 bridgehead atoms. The van der Waals surface area contributed by atoms with E-state index < -0.39 is 0 Å². The Balaban J connectivity index is 1.97. The summed E-state index contributed by atoms with van der Waals surface area (Å²) >= 11 is 2.08. The van der Waals surface area contributed by atoms with Crippen molar-refractivity contribution in [1.29, 1.82) is 0 Å². The van der Waals surface area contributed by atoms with E-state index in [2.05, 4.69) is 34.4 Å². The molecule has 2 aliphatic heterocycles. The van der Waals surface area contributed by atoms with E-state index in [4.69, 9.17) is 0 Å². The molecule has 0 radical (unpaired) electrons. The molecule has 2 nitrogen and oxygen atoms in total. The van der Waals surface area contributed by atoms with Gasteiger partial charge in [0.1, 0.15) is 5.82 Å². The van der Waals surface area contributed by atoms with E-state index in [0.717, 1.165) is 5.92 Å². The minimum absolute atomic E-state index is 0.678. The van der Waals surface area contributed by atoms with E-state index in [1.165, 1.54) is 48.7 Å². The molecule has 0 aliphatic carbocycles. The van der Waals surface area contributed by atoms with Gasteiger partial charge in [0.2, 0.25) is 0 Å². The van der Waals surface area contributed by atoms with Crippen LogP contribution in [0.5, 0.6) is 0 Å². The first kappa shape index (κ1) is 9.76. The van der Waals surface area contributed by atoms with Gasteiger partial charge in [-0.25, -0.2) is 4.98 Å². The van der Waals surface area contributed by atoms with E-state index in [0.29, 0.717) is 6.04 Å². The summed E-state index contributed by atoms with van der Waals surface area (Å²) in [6.07, 6.45) is 7.35. The smallest absolute Gasteiger partial charge is 0.113 e. The third-order valence-electron chi connectivity index (χ3n) is 3.69. The van der Waals surface area contributed by atoms with Crippen molar-refractivity contribution >= 4 is 11.8 Å².